The Morgan fingerprint density at radius 2 is 1.88 bits per heavy atom. The Bertz CT molecular complexity index is 841. The minimum atomic E-state index is -0.977. The molecule has 0 spiro atoms. The van der Waals surface area contributed by atoms with Crippen LogP contribution >= 0.6 is 0 Å². The number of hydrogen-bond acceptors (Lipinski definition) is 4. The van der Waals surface area contributed by atoms with E-state index in [-0.39, 0.29) is 6.04 Å². The van der Waals surface area contributed by atoms with E-state index in [2.05, 4.69) is 22.4 Å². The lowest BCUT2D eigenvalue weighted by atomic mass is 9.81. The maximum absolute atomic E-state index is 12.3. The lowest BCUT2D eigenvalue weighted by molar-refractivity contribution is 0.0916. The number of rotatable bonds is 3. The number of aromatic nitrogens is 2. The number of amides is 1. The highest BCUT2D eigenvalue weighted by atomic mass is 16.3. The molecule has 1 aliphatic carbocycles. The first-order valence-corrected chi connectivity index (χ1v) is 7.96. The zero-order valence-corrected chi connectivity index (χ0v) is 13.0. The second-order valence-electron chi connectivity index (χ2n) is 6.08. The van der Waals surface area contributed by atoms with Crippen molar-refractivity contribution in [2.24, 2.45) is 0 Å². The first kappa shape index (κ1) is 16.0. The van der Waals surface area contributed by atoms with Crippen LogP contribution in [-0.2, 0) is 0 Å². The Hall–Kier alpha value is -2.83. The summed E-state index contributed by atoms with van der Waals surface area (Å²) in [6.45, 7) is 0. The minimum absolute atomic E-state index is 0.0707. The van der Waals surface area contributed by atoms with Gasteiger partial charge in [-0.05, 0) is 30.7 Å². The Morgan fingerprint density at radius 3 is 2.62 bits per heavy atom. The second-order valence-corrected chi connectivity index (χ2v) is 6.08. The number of hydrogen-bond donors (Lipinski definition) is 4. The molecule has 3 rings (SSSR count). The molecule has 1 saturated carbocycles. The van der Waals surface area contributed by atoms with Crippen LogP contribution in [0.4, 0.5) is 0 Å². The molecule has 0 bridgehead atoms. The number of nitrogens with one attached hydrogen (secondary N) is 3. The summed E-state index contributed by atoms with van der Waals surface area (Å²) < 4.78 is 0. The largest absolute Gasteiger partial charge is 0.501 e. The smallest absolute Gasteiger partial charge is 0.326 e. The highest BCUT2D eigenvalue weighted by molar-refractivity contribution is 5.94. The standard InChI is InChI=1S/C17H19N3O4/c21-14-13(19-17(24)20-16(14)23)15(22)18-12-8-4-7-11(9-12)10-5-2-1-3-6-10/h1-3,5-6,11-12,21H,4,7-9H2,(H,18,22)(H2,19,20,23,24)/t11-,12-/m0/s1. The van der Waals surface area contributed by atoms with E-state index in [0.29, 0.717) is 5.92 Å². The SMILES string of the molecule is O=C(N[C@H]1CCC[C@H](c2ccccc2)C1)c1[nH]c(=O)[nH]c(=O)c1O. The summed E-state index contributed by atoms with van der Waals surface area (Å²) in [5.74, 6) is -1.06. The number of aromatic amines is 2. The van der Waals surface area contributed by atoms with Crippen molar-refractivity contribution in [2.45, 2.75) is 37.6 Å². The zero-order valence-electron chi connectivity index (χ0n) is 13.0. The average molecular weight is 329 g/mol. The van der Waals surface area contributed by atoms with Crippen LogP contribution in [0.1, 0.15) is 47.7 Å². The van der Waals surface area contributed by atoms with E-state index in [0.717, 1.165) is 25.7 Å². The van der Waals surface area contributed by atoms with E-state index in [1.54, 1.807) is 0 Å². The van der Waals surface area contributed by atoms with E-state index < -0.39 is 28.6 Å². The molecule has 7 heteroatoms. The predicted octanol–water partition coefficient (Wildman–Crippen LogP) is 1.22. The molecule has 1 amide bonds. The van der Waals surface area contributed by atoms with Gasteiger partial charge in [0, 0.05) is 6.04 Å². The molecule has 2 aromatic rings. The first-order valence-electron chi connectivity index (χ1n) is 7.96. The summed E-state index contributed by atoms with van der Waals surface area (Å²) in [6, 6.07) is 10.0. The molecule has 1 heterocycles. The molecule has 0 unspecified atom stereocenters. The van der Waals surface area contributed by atoms with Crippen LogP contribution in [-0.4, -0.2) is 27.0 Å². The monoisotopic (exact) mass is 329 g/mol. The van der Waals surface area contributed by atoms with E-state index >= 15 is 0 Å². The van der Waals surface area contributed by atoms with E-state index in [1.165, 1.54) is 5.56 Å². The molecule has 126 valence electrons. The van der Waals surface area contributed by atoms with Crippen molar-refractivity contribution in [3.8, 4) is 5.75 Å². The quantitative estimate of drug-likeness (QED) is 0.678. The maximum Gasteiger partial charge on any atom is 0.326 e. The fraction of sp³-hybridized carbons (Fsp3) is 0.353. The summed E-state index contributed by atoms with van der Waals surface area (Å²) >= 11 is 0. The van der Waals surface area contributed by atoms with Crippen molar-refractivity contribution < 1.29 is 9.90 Å². The van der Waals surface area contributed by atoms with Crippen molar-refractivity contribution in [1.82, 2.24) is 15.3 Å². The molecular formula is C17H19N3O4. The molecule has 0 radical (unpaired) electrons. The molecule has 7 nitrogen and oxygen atoms in total. The molecule has 4 N–H and O–H groups in total. The summed E-state index contributed by atoms with van der Waals surface area (Å²) in [5, 5.41) is 12.5. The highest BCUT2D eigenvalue weighted by Crippen LogP contribution is 2.32. The molecule has 24 heavy (non-hydrogen) atoms. The van der Waals surface area contributed by atoms with E-state index in [9.17, 15) is 19.5 Å². The van der Waals surface area contributed by atoms with Crippen LogP contribution in [0.15, 0.2) is 39.9 Å². The summed E-state index contributed by atoms with van der Waals surface area (Å²) in [4.78, 5) is 39.0. The van der Waals surface area contributed by atoms with Crippen LogP contribution in [0.3, 0.4) is 0 Å². The van der Waals surface area contributed by atoms with E-state index in [4.69, 9.17) is 0 Å². The first-order chi connectivity index (χ1) is 11.5. The van der Waals surface area contributed by atoms with Gasteiger partial charge in [0.15, 0.2) is 5.69 Å². The Morgan fingerprint density at radius 1 is 1.12 bits per heavy atom. The lowest BCUT2D eigenvalue weighted by Gasteiger charge is -2.30. The number of carbonyl (C=O) groups is 1. The molecule has 1 fully saturated rings. The van der Waals surface area contributed by atoms with Crippen molar-refractivity contribution in [2.75, 3.05) is 0 Å². The third kappa shape index (κ3) is 3.40. The molecule has 0 aliphatic heterocycles. The average Bonchev–Trinajstić information content (AvgIpc) is 2.59. The Kier molecular flexibility index (Phi) is 4.50. The van der Waals surface area contributed by atoms with Crippen molar-refractivity contribution in [3.63, 3.8) is 0 Å². The van der Waals surface area contributed by atoms with Gasteiger partial charge in [-0.15, -0.1) is 0 Å². The number of H-pyrrole nitrogens is 2. The predicted molar refractivity (Wildman–Crippen MR) is 88.3 cm³/mol. The van der Waals surface area contributed by atoms with Gasteiger partial charge in [-0.25, -0.2) is 4.79 Å². The van der Waals surface area contributed by atoms with Gasteiger partial charge in [-0.1, -0.05) is 36.8 Å². The molecule has 1 aromatic heterocycles. The van der Waals surface area contributed by atoms with Crippen LogP contribution in [0, 0.1) is 0 Å². The third-order valence-corrected chi connectivity index (χ3v) is 4.42. The molecule has 1 aromatic carbocycles. The second kappa shape index (κ2) is 6.74. The summed E-state index contributed by atoms with van der Waals surface area (Å²) in [6.07, 6.45) is 3.64. The van der Waals surface area contributed by atoms with Gasteiger partial charge in [-0.3, -0.25) is 19.6 Å². The third-order valence-electron chi connectivity index (χ3n) is 4.42. The number of benzene rings is 1. The zero-order chi connectivity index (χ0) is 17.1. The van der Waals surface area contributed by atoms with Crippen LogP contribution in [0.2, 0.25) is 0 Å². The highest BCUT2D eigenvalue weighted by Gasteiger charge is 2.26. The minimum Gasteiger partial charge on any atom is -0.501 e. The van der Waals surface area contributed by atoms with Gasteiger partial charge in [0.25, 0.3) is 11.5 Å². The normalized spacial score (nSPS) is 20.5. The molecule has 0 saturated heterocycles. The Balaban J connectivity index is 1.73. The van der Waals surface area contributed by atoms with Gasteiger partial charge in [-0.2, -0.15) is 0 Å². The van der Waals surface area contributed by atoms with Crippen LogP contribution < -0.4 is 16.6 Å². The van der Waals surface area contributed by atoms with Gasteiger partial charge in [0.05, 0.1) is 0 Å². The van der Waals surface area contributed by atoms with E-state index in [1.807, 2.05) is 23.2 Å². The molecule has 1 aliphatic rings. The molecule has 2 atom stereocenters. The maximum atomic E-state index is 12.3. The summed E-state index contributed by atoms with van der Waals surface area (Å²) in [5.41, 5.74) is -0.960. The molecular weight excluding hydrogens is 310 g/mol. The van der Waals surface area contributed by atoms with Crippen LogP contribution in [0.5, 0.6) is 5.75 Å². The van der Waals surface area contributed by atoms with Crippen molar-refractivity contribution in [1.29, 1.82) is 0 Å². The number of carbonyl (C=O) groups excluding carboxylic acids is 1. The lowest BCUT2D eigenvalue weighted by Crippen LogP contribution is -2.40. The summed E-state index contributed by atoms with van der Waals surface area (Å²) in [7, 11) is 0. The van der Waals surface area contributed by atoms with Gasteiger partial charge in [0.1, 0.15) is 0 Å². The fourth-order valence-corrected chi connectivity index (χ4v) is 3.25. The van der Waals surface area contributed by atoms with Crippen LogP contribution in [0.25, 0.3) is 0 Å². The Labute approximate surface area is 137 Å². The van der Waals surface area contributed by atoms with Crippen molar-refractivity contribution in [3.05, 3.63) is 62.4 Å². The van der Waals surface area contributed by atoms with Gasteiger partial charge in [0.2, 0.25) is 5.75 Å². The van der Waals surface area contributed by atoms with Gasteiger partial charge >= 0.3 is 5.69 Å². The number of aromatic hydroxyl groups is 1. The fourth-order valence-electron chi connectivity index (χ4n) is 3.25. The van der Waals surface area contributed by atoms with Crippen molar-refractivity contribution >= 4 is 5.91 Å². The topological polar surface area (TPSA) is 115 Å². The van der Waals surface area contributed by atoms with Gasteiger partial charge < -0.3 is 10.4 Å².